The van der Waals surface area contributed by atoms with Gasteiger partial charge < -0.3 is 15.0 Å². The summed E-state index contributed by atoms with van der Waals surface area (Å²) in [6.45, 7) is 4.97. The number of nitrogens with zero attached hydrogens (tertiary/aromatic N) is 4. The van der Waals surface area contributed by atoms with Crippen molar-refractivity contribution < 1.29 is 26.3 Å². The molecule has 1 N–H and O–H groups in total. The Bertz CT molecular complexity index is 1700. The third-order valence-electron chi connectivity index (χ3n) is 9.41. The molecular weight excluding hydrogens is 607 g/mol. The Morgan fingerprint density at radius 1 is 1.02 bits per heavy atom. The van der Waals surface area contributed by atoms with Crippen LogP contribution in [-0.4, -0.2) is 72.2 Å². The van der Waals surface area contributed by atoms with Gasteiger partial charge in [0, 0.05) is 50.4 Å². The van der Waals surface area contributed by atoms with Gasteiger partial charge in [-0.3, -0.25) is 9.36 Å². The predicted octanol–water partition coefficient (Wildman–Crippen LogP) is 5.01. The molecule has 0 spiro atoms. The van der Waals surface area contributed by atoms with E-state index < -0.39 is 39.6 Å². The summed E-state index contributed by atoms with van der Waals surface area (Å²) in [5.41, 5.74) is 0.113. The van der Waals surface area contributed by atoms with Crippen LogP contribution in [0.1, 0.15) is 74.1 Å². The van der Waals surface area contributed by atoms with Gasteiger partial charge in [-0.15, -0.1) is 0 Å². The highest BCUT2D eigenvalue weighted by Gasteiger charge is 2.41. The molecule has 0 aliphatic carbocycles. The number of aryl methyl sites for hydroxylation is 1. The number of anilines is 1. The van der Waals surface area contributed by atoms with Crippen molar-refractivity contribution >= 4 is 26.7 Å². The first kappa shape index (κ1) is 31.9. The van der Waals surface area contributed by atoms with Crippen LogP contribution in [-0.2, 0) is 27.0 Å². The number of rotatable bonds is 1. The van der Waals surface area contributed by atoms with Gasteiger partial charge in [-0.2, -0.15) is 0 Å². The minimum absolute atomic E-state index is 0.00910. The van der Waals surface area contributed by atoms with E-state index in [0.717, 1.165) is 25.5 Å². The third kappa shape index (κ3) is 6.90. The largest absolute Gasteiger partial charge is 0.381 e. The summed E-state index contributed by atoms with van der Waals surface area (Å²) in [5, 5.41) is 3.71. The van der Waals surface area contributed by atoms with Gasteiger partial charge in [0.05, 0.1) is 28.5 Å². The first-order chi connectivity index (χ1) is 21.5. The smallest absolute Gasteiger partial charge is 0.276 e. The molecule has 9 nitrogen and oxygen atoms in total. The monoisotopic (exact) mass is 647 g/mol. The van der Waals surface area contributed by atoms with E-state index in [2.05, 4.69) is 20.2 Å². The zero-order valence-electron chi connectivity index (χ0n) is 25.5. The van der Waals surface area contributed by atoms with Gasteiger partial charge in [-0.25, -0.2) is 31.6 Å². The van der Waals surface area contributed by atoms with Crippen molar-refractivity contribution in [2.45, 2.75) is 69.9 Å². The van der Waals surface area contributed by atoms with E-state index in [1.54, 1.807) is 17.6 Å². The number of aromatic nitrogens is 3. The summed E-state index contributed by atoms with van der Waals surface area (Å²) in [6, 6.07) is 5.08. The van der Waals surface area contributed by atoms with E-state index in [1.807, 2.05) is 0 Å². The van der Waals surface area contributed by atoms with Crippen LogP contribution in [0.5, 0.6) is 0 Å². The van der Waals surface area contributed by atoms with Crippen molar-refractivity contribution in [3.8, 4) is 0 Å². The number of alkyl halides is 2. The molecule has 1 aromatic carbocycles. The van der Waals surface area contributed by atoms with Crippen molar-refractivity contribution in [1.29, 1.82) is 0 Å². The predicted molar refractivity (Wildman–Crippen MR) is 166 cm³/mol. The van der Waals surface area contributed by atoms with E-state index >= 15 is 13.2 Å². The Hall–Kier alpha value is -3.03. The first-order valence-corrected chi connectivity index (χ1v) is 17.7. The third-order valence-corrected chi connectivity index (χ3v) is 11.1. The molecule has 3 aromatic rings. The number of benzene rings is 1. The molecular formula is C32H40F3N5O4S. The standard InChI is InChI=1S/C32H40F3N5O4S/c1-21-24-6-4-7-27(28(24)33)32(34,35)17-22-18-39(19-22)10-2-3-12-44-13-5-11-40-30-26(29(38-21)36-20-37-30)16-25(31(40)41)23-8-14-45(42,43)15-9-23/h4,6-7,16,20-23H,2-3,5,8-15,17-19H2,1H3,(H,36,37,38)/t21-/m0/s1. The maximum absolute atomic E-state index is 15.8. The van der Waals surface area contributed by atoms with Crippen LogP contribution in [0.3, 0.4) is 0 Å². The second-order valence-corrected chi connectivity index (χ2v) is 15.0. The Morgan fingerprint density at radius 2 is 1.78 bits per heavy atom. The zero-order chi connectivity index (χ0) is 31.8. The fraction of sp³-hybridized carbons (Fsp3) is 0.594. The quantitative estimate of drug-likeness (QED) is 0.393. The second kappa shape index (κ2) is 13.0. The van der Waals surface area contributed by atoms with Crippen molar-refractivity contribution in [1.82, 2.24) is 19.4 Å². The highest BCUT2D eigenvalue weighted by atomic mass is 32.2. The minimum atomic E-state index is -3.32. The normalized spacial score (nSPS) is 26.3. The van der Waals surface area contributed by atoms with Crippen LogP contribution in [0.2, 0.25) is 0 Å². The Kier molecular flexibility index (Phi) is 9.22. The maximum atomic E-state index is 15.8. The molecule has 1 atom stereocenters. The summed E-state index contributed by atoms with van der Waals surface area (Å²) < 4.78 is 78.4. The molecule has 0 unspecified atom stereocenters. The molecule has 0 radical (unpaired) electrons. The summed E-state index contributed by atoms with van der Waals surface area (Å²) in [7, 11) is -3.14. The van der Waals surface area contributed by atoms with Crippen LogP contribution in [0, 0.1) is 11.7 Å². The average Bonchev–Trinajstić information content (AvgIpc) is 2.97. The molecule has 244 valence electrons. The Labute approximate surface area is 261 Å². The van der Waals surface area contributed by atoms with Crippen LogP contribution in [0.15, 0.2) is 35.4 Å². The van der Waals surface area contributed by atoms with Gasteiger partial charge in [-0.05, 0) is 63.5 Å². The van der Waals surface area contributed by atoms with E-state index in [1.165, 1.54) is 18.5 Å². The summed E-state index contributed by atoms with van der Waals surface area (Å²) in [4.78, 5) is 24.8. The van der Waals surface area contributed by atoms with E-state index in [0.29, 0.717) is 74.5 Å². The first-order valence-electron chi connectivity index (χ1n) is 15.8. The number of hydrogen-bond acceptors (Lipinski definition) is 8. The van der Waals surface area contributed by atoms with E-state index in [9.17, 15) is 13.2 Å². The van der Waals surface area contributed by atoms with Crippen LogP contribution >= 0.6 is 0 Å². The fourth-order valence-electron chi connectivity index (χ4n) is 6.90. The summed E-state index contributed by atoms with van der Waals surface area (Å²) in [6.07, 6.45) is 3.87. The molecule has 6 heterocycles. The molecule has 0 saturated carbocycles. The fourth-order valence-corrected chi connectivity index (χ4v) is 8.39. The van der Waals surface area contributed by atoms with Gasteiger partial charge in [-0.1, -0.05) is 18.2 Å². The lowest BCUT2D eigenvalue weighted by molar-refractivity contribution is -0.0594. The lowest BCUT2D eigenvalue weighted by Crippen LogP contribution is -2.48. The van der Waals surface area contributed by atoms with E-state index in [4.69, 9.17) is 4.74 Å². The summed E-state index contributed by atoms with van der Waals surface area (Å²) >= 11 is 0. The zero-order valence-corrected chi connectivity index (χ0v) is 26.3. The van der Waals surface area contributed by atoms with Gasteiger partial charge >= 0.3 is 0 Å². The highest BCUT2D eigenvalue weighted by Crippen LogP contribution is 2.40. The highest BCUT2D eigenvalue weighted by molar-refractivity contribution is 7.91. The lowest BCUT2D eigenvalue weighted by Gasteiger charge is -2.41. The Balaban J connectivity index is 1.38. The molecule has 2 fully saturated rings. The minimum Gasteiger partial charge on any atom is -0.381 e. The Morgan fingerprint density at radius 3 is 2.56 bits per heavy atom. The lowest BCUT2D eigenvalue weighted by atomic mass is 9.88. The van der Waals surface area contributed by atoms with E-state index in [-0.39, 0.29) is 34.5 Å². The maximum Gasteiger partial charge on any atom is 0.276 e. The number of sulfone groups is 1. The number of nitrogens with one attached hydrogen (secondary N) is 1. The average molecular weight is 648 g/mol. The van der Waals surface area contributed by atoms with Crippen molar-refractivity contribution in [3.05, 3.63) is 63.5 Å². The van der Waals surface area contributed by atoms with Crippen LogP contribution < -0.4 is 10.9 Å². The summed E-state index contributed by atoms with van der Waals surface area (Å²) in [5.74, 6) is -4.37. The van der Waals surface area contributed by atoms with Gasteiger partial charge in [0.1, 0.15) is 33.4 Å². The van der Waals surface area contributed by atoms with Gasteiger partial charge in [0.2, 0.25) is 0 Å². The van der Waals surface area contributed by atoms with Gasteiger partial charge in [0.25, 0.3) is 11.5 Å². The molecule has 0 amide bonds. The number of pyridine rings is 1. The molecule has 2 saturated heterocycles. The number of ether oxygens (including phenoxy) is 1. The number of halogens is 3. The van der Waals surface area contributed by atoms with Crippen molar-refractivity contribution in [3.63, 3.8) is 0 Å². The molecule has 45 heavy (non-hydrogen) atoms. The van der Waals surface area contributed by atoms with Crippen LogP contribution in [0.25, 0.3) is 11.0 Å². The molecule has 13 heteroatoms. The SMILES string of the molecule is C[C@@H]1Nc2ncnc3c2cc(C2CCS(=O)(=O)CC2)c(=O)n3CCCOCCCCN2CC(C2)CC(F)(F)c2cccc1c2F. The number of fused-ring (bicyclic) bond motifs is 9. The molecule has 2 aromatic heterocycles. The van der Waals surface area contributed by atoms with Crippen molar-refractivity contribution in [2.75, 3.05) is 49.7 Å². The molecule has 4 aliphatic heterocycles. The molecule has 4 aliphatic rings. The molecule has 8 bridgehead atoms. The topological polar surface area (TPSA) is 106 Å². The number of hydrogen-bond donors (Lipinski definition) is 1. The van der Waals surface area contributed by atoms with Crippen molar-refractivity contribution in [2.24, 2.45) is 5.92 Å². The van der Waals surface area contributed by atoms with Gasteiger partial charge in [0.15, 0.2) is 0 Å². The molecule has 7 rings (SSSR count). The van der Waals surface area contributed by atoms with Crippen LogP contribution in [0.4, 0.5) is 19.0 Å². The second-order valence-electron chi connectivity index (χ2n) is 12.7.